The number of rotatable bonds is 9. The Hall–Kier alpha value is -7.36. The molecule has 0 bridgehead atoms. The number of methoxy groups -OCH3 is 1. The second kappa shape index (κ2) is 20.1. The van der Waals surface area contributed by atoms with E-state index in [4.69, 9.17) is 14.7 Å². The Labute approximate surface area is 362 Å². The van der Waals surface area contributed by atoms with Gasteiger partial charge in [0.15, 0.2) is 0 Å². The zero-order valence-electron chi connectivity index (χ0n) is 35.9. The summed E-state index contributed by atoms with van der Waals surface area (Å²) in [6.45, 7) is 10.2. The molecule has 0 atom stereocenters. The van der Waals surface area contributed by atoms with E-state index < -0.39 is 0 Å². The van der Waals surface area contributed by atoms with Gasteiger partial charge in [0.25, 0.3) is 0 Å². The van der Waals surface area contributed by atoms with Crippen molar-refractivity contribution in [1.29, 1.82) is 0 Å². The molecule has 7 aromatic carbocycles. The van der Waals surface area contributed by atoms with E-state index in [1.165, 1.54) is 11.1 Å². The van der Waals surface area contributed by atoms with Crippen LogP contribution in [0, 0.1) is 6.92 Å². The molecule has 0 aliphatic heterocycles. The third-order valence-electron chi connectivity index (χ3n) is 10.7. The van der Waals surface area contributed by atoms with Crippen LogP contribution in [0.4, 0.5) is 0 Å². The molecular formula is C58H52N2O. The summed E-state index contributed by atoms with van der Waals surface area (Å²) in [7, 11) is 1.74. The van der Waals surface area contributed by atoms with Gasteiger partial charge in [-0.15, -0.1) is 0 Å². The lowest BCUT2D eigenvalue weighted by Crippen LogP contribution is -1.94. The minimum Gasteiger partial charge on any atom is -0.497 e. The maximum absolute atomic E-state index is 5.98. The average Bonchev–Trinajstić information content (AvgIpc) is 3.35. The van der Waals surface area contributed by atoms with Crippen molar-refractivity contribution in [2.45, 2.75) is 34.6 Å². The fourth-order valence-corrected chi connectivity index (χ4v) is 7.73. The first-order chi connectivity index (χ1) is 30.1. The highest BCUT2D eigenvalue weighted by Crippen LogP contribution is 2.43. The van der Waals surface area contributed by atoms with Gasteiger partial charge in [-0.1, -0.05) is 191 Å². The summed E-state index contributed by atoms with van der Waals surface area (Å²) in [4.78, 5) is 9.87. The maximum Gasteiger partial charge on any atom is 0.120 e. The molecule has 0 spiro atoms. The summed E-state index contributed by atoms with van der Waals surface area (Å²) in [5.74, 6) is 0.795. The van der Waals surface area contributed by atoms with Crippen molar-refractivity contribution in [2.75, 3.05) is 7.11 Å². The van der Waals surface area contributed by atoms with Crippen LogP contribution in [0.25, 0.3) is 89.3 Å². The van der Waals surface area contributed by atoms with Crippen LogP contribution < -0.4 is 4.74 Å². The Bertz CT molecular complexity index is 2810. The van der Waals surface area contributed by atoms with Crippen LogP contribution >= 0.6 is 0 Å². The number of pyridine rings is 2. The van der Waals surface area contributed by atoms with Crippen LogP contribution in [-0.4, -0.2) is 17.1 Å². The summed E-state index contributed by atoms with van der Waals surface area (Å²) in [5, 5.41) is 0. The smallest absolute Gasteiger partial charge is 0.120 e. The first-order valence-corrected chi connectivity index (χ1v) is 21.2. The zero-order chi connectivity index (χ0) is 42.6. The van der Waals surface area contributed by atoms with Crippen molar-refractivity contribution in [3.05, 3.63) is 212 Å². The topological polar surface area (TPSA) is 35.0 Å². The standard InChI is InChI=1S/C54H40N2O.2C2H6/c1-37-30-53(55-35-51(37)39-18-8-4-9-19-39)42-28-26-40(27-29-42)46-22-12-13-23-47(46)43-31-44(33-45(32-43)57-2)48-24-14-15-25-49(48)52-36-56-54(41-20-10-5-11-21-41)34-50(52)38-16-6-3-7-17-38;2*1-2/h3-36H,1-2H3;2*1-2H3. The van der Waals surface area contributed by atoms with Crippen molar-refractivity contribution >= 4 is 0 Å². The Morgan fingerprint density at radius 1 is 0.311 bits per heavy atom. The number of nitrogens with zero attached hydrogens (tertiary/aromatic N) is 2. The minimum absolute atomic E-state index is 0.795. The number of hydrogen-bond acceptors (Lipinski definition) is 3. The molecule has 0 amide bonds. The molecule has 9 aromatic rings. The summed E-state index contributed by atoms with van der Waals surface area (Å²) in [5.41, 5.74) is 18.7. The van der Waals surface area contributed by atoms with Gasteiger partial charge in [0.2, 0.25) is 0 Å². The molecule has 0 saturated heterocycles. The number of benzene rings is 7. The van der Waals surface area contributed by atoms with Gasteiger partial charge in [0.05, 0.1) is 18.5 Å². The highest BCUT2D eigenvalue weighted by Gasteiger charge is 2.17. The molecule has 0 aliphatic rings. The van der Waals surface area contributed by atoms with Gasteiger partial charge in [-0.3, -0.25) is 9.97 Å². The molecular weight excluding hydrogens is 741 g/mol. The van der Waals surface area contributed by atoms with Crippen LogP contribution in [0.3, 0.4) is 0 Å². The van der Waals surface area contributed by atoms with Crippen LogP contribution in [0.15, 0.2) is 207 Å². The second-order valence-electron chi connectivity index (χ2n) is 14.2. The SMILES string of the molecule is CC.CC.COc1cc(-c2ccccc2-c2ccc(-c3cc(C)c(-c4ccccc4)cn3)cc2)cc(-c2ccccc2-c2cnc(-c3ccccc3)cc2-c2ccccc2)c1. The van der Waals surface area contributed by atoms with E-state index in [-0.39, 0.29) is 0 Å². The van der Waals surface area contributed by atoms with Crippen molar-refractivity contribution < 1.29 is 4.74 Å². The lowest BCUT2D eigenvalue weighted by Gasteiger charge is -2.18. The van der Waals surface area contributed by atoms with Gasteiger partial charge in [0, 0.05) is 34.6 Å². The van der Waals surface area contributed by atoms with Gasteiger partial charge >= 0.3 is 0 Å². The summed E-state index contributed by atoms with van der Waals surface area (Å²) >= 11 is 0. The highest BCUT2D eigenvalue weighted by molar-refractivity contribution is 5.94. The van der Waals surface area contributed by atoms with Gasteiger partial charge in [-0.25, -0.2) is 0 Å². The molecule has 300 valence electrons. The predicted molar refractivity (Wildman–Crippen MR) is 260 cm³/mol. The fraction of sp³-hybridized carbons (Fsp3) is 0.103. The molecule has 9 rings (SSSR count). The Morgan fingerprint density at radius 3 is 1.21 bits per heavy atom. The first kappa shape index (κ1) is 41.8. The lowest BCUT2D eigenvalue weighted by molar-refractivity contribution is 0.415. The minimum atomic E-state index is 0.795. The summed E-state index contributed by atoms with van der Waals surface area (Å²) in [6.07, 6.45) is 4.01. The maximum atomic E-state index is 5.98. The largest absolute Gasteiger partial charge is 0.497 e. The third-order valence-corrected chi connectivity index (χ3v) is 10.7. The van der Waals surface area contributed by atoms with Crippen molar-refractivity contribution in [3.8, 4) is 95.0 Å². The summed E-state index contributed by atoms with van der Waals surface area (Å²) in [6, 6.07) is 68.2. The predicted octanol–water partition coefficient (Wildman–Crippen LogP) is 16.2. The Morgan fingerprint density at radius 2 is 0.689 bits per heavy atom. The van der Waals surface area contributed by atoms with E-state index in [9.17, 15) is 0 Å². The highest BCUT2D eigenvalue weighted by atomic mass is 16.5. The first-order valence-electron chi connectivity index (χ1n) is 21.2. The fourth-order valence-electron chi connectivity index (χ4n) is 7.73. The molecule has 2 aromatic heterocycles. The van der Waals surface area contributed by atoms with Gasteiger partial charge in [0.1, 0.15) is 5.75 Å². The number of ether oxygens (including phenoxy) is 1. The van der Waals surface area contributed by atoms with Crippen molar-refractivity contribution in [1.82, 2.24) is 9.97 Å². The normalized spacial score (nSPS) is 10.5. The van der Waals surface area contributed by atoms with E-state index in [2.05, 4.69) is 189 Å². The number of aromatic nitrogens is 2. The molecule has 0 radical (unpaired) electrons. The van der Waals surface area contributed by atoms with Crippen molar-refractivity contribution in [3.63, 3.8) is 0 Å². The molecule has 0 saturated carbocycles. The molecule has 0 aliphatic carbocycles. The van der Waals surface area contributed by atoms with Crippen molar-refractivity contribution in [2.24, 2.45) is 0 Å². The number of hydrogen-bond donors (Lipinski definition) is 0. The number of aryl methyl sites for hydroxylation is 1. The second-order valence-corrected chi connectivity index (χ2v) is 14.2. The van der Waals surface area contributed by atoms with E-state index >= 15 is 0 Å². The van der Waals surface area contributed by atoms with E-state index in [0.29, 0.717) is 0 Å². The van der Waals surface area contributed by atoms with Gasteiger partial charge < -0.3 is 4.74 Å². The summed E-state index contributed by atoms with van der Waals surface area (Å²) < 4.78 is 5.98. The van der Waals surface area contributed by atoms with Crippen LogP contribution in [0.5, 0.6) is 5.75 Å². The third kappa shape index (κ3) is 9.28. The van der Waals surface area contributed by atoms with Gasteiger partial charge in [-0.05, 0) is 98.5 Å². The molecule has 61 heavy (non-hydrogen) atoms. The van der Waals surface area contributed by atoms with Crippen LogP contribution in [0.2, 0.25) is 0 Å². The molecule has 3 heteroatoms. The van der Waals surface area contributed by atoms with Gasteiger partial charge in [-0.2, -0.15) is 0 Å². The van der Waals surface area contributed by atoms with Crippen LogP contribution in [0.1, 0.15) is 33.3 Å². The quantitative estimate of drug-likeness (QED) is 0.146. The lowest BCUT2D eigenvalue weighted by atomic mass is 9.88. The Kier molecular flexibility index (Phi) is 13.7. The Balaban J connectivity index is 0.00000136. The van der Waals surface area contributed by atoms with E-state index in [0.717, 1.165) is 89.5 Å². The van der Waals surface area contributed by atoms with E-state index in [1.54, 1.807) is 7.11 Å². The van der Waals surface area contributed by atoms with Crippen LogP contribution in [-0.2, 0) is 0 Å². The molecule has 0 fully saturated rings. The molecule has 2 heterocycles. The van der Waals surface area contributed by atoms with E-state index in [1.807, 2.05) is 52.2 Å². The average molecular weight is 793 g/mol. The molecule has 3 nitrogen and oxygen atoms in total. The zero-order valence-corrected chi connectivity index (χ0v) is 35.9. The molecule has 0 N–H and O–H groups in total. The monoisotopic (exact) mass is 792 g/mol. The molecule has 0 unspecified atom stereocenters.